The normalized spacial score (nSPS) is 23.2. The predicted molar refractivity (Wildman–Crippen MR) is 105 cm³/mol. The van der Waals surface area contributed by atoms with E-state index in [9.17, 15) is 5.26 Å². The molecule has 0 N–H and O–H groups in total. The number of aromatic nitrogens is 4. The molecule has 2 aromatic heterocycles. The zero-order chi connectivity index (χ0) is 20.2. The summed E-state index contributed by atoms with van der Waals surface area (Å²) in [6.45, 7) is 7.58. The minimum Gasteiger partial charge on any atom is -0.339 e. The van der Waals surface area contributed by atoms with Crippen molar-refractivity contribution in [3.8, 4) is 6.07 Å². The van der Waals surface area contributed by atoms with E-state index >= 15 is 0 Å². The minimum atomic E-state index is -0.649. The molecule has 1 saturated heterocycles. The Balaban J connectivity index is 1.64. The van der Waals surface area contributed by atoms with E-state index in [1.54, 1.807) is 6.33 Å². The molecule has 1 saturated carbocycles. The summed E-state index contributed by atoms with van der Waals surface area (Å²) in [5.74, 6) is 1.85. The van der Waals surface area contributed by atoms with Crippen LogP contribution >= 0.6 is 0 Å². The van der Waals surface area contributed by atoms with Gasteiger partial charge in [-0.05, 0) is 36.1 Å². The maximum absolute atomic E-state index is 9.59. The molecule has 1 atom stereocenters. The summed E-state index contributed by atoms with van der Waals surface area (Å²) in [7, 11) is 0. The highest BCUT2D eigenvalue weighted by atomic mass is 15.6. The van der Waals surface area contributed by atoms with E-state index < -0.39 is 5.66 Å². The quantitative estimate of drug-likeness (QED) is 0.788. The van der Waals surface area contributed by atoms with Gasteiger partial charge in [0.05, 0.1) is 18.9 Å². The summed E-state index contributed by atoms with van der Waals surface area (Å²) in [6, 6.07) is 2.23. The van der Waals surface area contributed by atoms with Crippen molar-refractivity contribution in [2.75, 3.05) is 11.4 Å². The Morgan fingerprint density at radius 1 is 1.17 bits per heavy atom. The van der Waals surface area contributed by atoms with Crippen molar-refractivity contribution in [3.05, 3.63) is 12.2 Å². The molecule has 2 aromatic rings. The molecule has 0 amide bonds. The fourth-order valence-corrected chi connectivity index (χ4v) is 4.10. The Morgan fingerprint density at radius 3 is 2.59 bits per heavy atom. The summed E-state index contributed by atoms with van der Waals surface area (Å²) in [5, 5.41) is 25.9. The molecule has 29 heavy (non-hydrogen) atoms. The highest BCUT2D eigenvalue weighted by Gasteiger charge is 2.49. The second kappa shape index (κ2) is 6.27. The third kappa shape index (κ3) is 2.96. The van der Waals surface area contributed by atoms with Crippen LogP contribution in [0.15, 0.2) is 27.0 Å². The van der Waals surface area contributed by atoms with Gasteiger partial charge < -0.3 is 9.47 Å². The monoisotopic (exact) mass is 392 g/mol. The lowest BCUT2D eigenvalue weighted by molar-refractivity contribution is 0.333. The molecule has 1 unspecified atom stereocenters. The first-order chi connectivity index (χ1) is 13.9. The Morgan fingerprint density at radius 2 is 1.93 bits per heavy atom. The van der Waals surface area contributed by atoms with Crippen LogP contribution in [0.3, 0.4) is 0 Å². The van der Waals surface area contributed by atoms with Gasteiger partial charge in [0.15, 0.2) is 17.0 Å². The van der Waals surface area contributed by atoms with Gasteiger partial charge in [0, 0.05) is 17.9 Å². The summed E-state index contributed by atoms with van der Waals surface area (Å²) in [5.41, 5.74) is 0.587. The minimum absolute atomic E-state index is 0.179. The van der Waals surface area contributed by atoms with Gasteiger partial charge >= 0.3 is 0 Å². The van der Waals surface area contributed by atoms with Gasteiger partial charge in [-0.3, -0.25) is 0 Å². The number of hydrogen-bond donors (Lipinski definition) is 0. The van der Waals surface area contributed by atoms with Crippen LogP contribution in [0.5, 0.6) is 0 Å². The van der Waals surface area contributed by atoms with Crippen molar-refractivity contribution < 1.29 is 0 Å². The van der Waals surface area contributed by atoms with Crippen molar-refractivity contribution in [3.63, 3.8) is 0 Å². The molecule has 0 radical (unpaired) electrons. The van der Waals surface area contributed by atoms with Crippen molar-refractivity contribution in [1.29, 1.82) is 5.26 Å². The van der Waals surface area contributed by atoms with E-state index in [1.165, 1.54) is 0 Å². The number of hydrogen-bond acceptors (Lipinski definition) is 9. The van der Waals surface area contributed by atoms with E-state index in [1.807, 2.05) is 4.57 Å². The largest absolute Gasteiger partial charge is 0.339 e. The molecule has 10 heteroatoms. The van der Waals surface area contributed by atoms with Crippen LogP contribution in [0.1, 0.15) is 52.3 Å². The first kappa shape index (κ1) is 18.1. The number of nitrogens with zero attached hydrogens (tertiary/aromatic N) is 10. The maximum atomic E-state index is 9.59. The lowest BCUT2D eigenvalue weighted by Crippen LogP contribution is -2.31. The zero-order valence-corrected chi connectivity index (χ0v) is 16.9. The fourth-order valence-electron chi connectivity index (χ4n) is 4.10. The molecule has 2 fully saturated rings. The van der Waals surface area contributed by atoms with Crippen molar-refractivity contribution in [2.45, 2.75) is 70.1 Å². The molecule has 0 bridgehead atoms. The van der Waals surface area contributed by atoms with Gasteiger partial charge in [0.25, 0.3) is 0 Å². The molecule has 5 rings (SSSR count). The van der Waals surface area contributed by atoms with Crippen LogP contribution in [0.2, 0.25) is 0 Å². The third-order valence-electron chi connectivity index (χ3n) is 5.90. The lowest BCUT2D eigenvalue weighted by Gasteiger charge is -2.25. The van der Waals surface area contributed by atoms with Gasteiger partial charge in [-0.1, -0.05) is 20.8 Å². The average Bonchev–Trinajstić information content (AvgIpc) is 3.12. The predicted octanol–water partition coefficient (Wildman–Crippen LogP) is 3.56. The maximum Gasteiger partial charge on any atom is 0.215 e. The number of imidazole rings is 1. The number of anilines is 1. The highest BCUT2D eigenvalue weighted by Crippen LogP contribution is 2.46. The van der Waals surface area contributed by atoms with Crippen LogP contribution in [0.25, 0.3) is 11.2 Å². The highest BCUT2D eigenvalue weighted by molar-refractivity contribution is 5.84. The topological polar surface area (TPSA) is 120 Å². The molecule has 0 aromatic carbocycles. The molecule has 1 aliphatic carbocycles. The van der Waals surface area contributed by atoms with Crippen molar-refractivity contribution >= 4 is 17.0 Å². The standard InChI is InChI=1S/C19H24N10/c1-18(2,3)17-22-15-14(16(23-17)29-8-4-5-13(29)9-20)21-11-28(15)10-19(12-6-7-12)24-26-27-25-19/h11-13H,4-8,10H2,1-3H3. The first-order valence-corrected chi connectivity index (χ1v) is 10.1. The molecular formula is C19H24N10. The molecule has 150 valence electrons. The Bertz CT molecular complexity index is 1040. The first-order valence-electron chi connectivity index (χ1n) is 10.1. The molecule has 4 heterocycles. The third-order valence-corrected chi connectivity index (χ3v) is 5.90. The molecule has 3 aliphatic rings. The second-order valence-corrected chi connectivity index (χ2v) is 9.18. The van der Waals surface area contributed by atoms with Gasteiger partial charge in [-0.25, -0.2) is 15.0 Å². The SMILES string of the molecule is CC(C)(C)c1nc(N2CCCC2C#N)c2ncn(CC3(C4CC4)N=NN=N3)c2n1. The van der Waals surface area contributed by atoms with Crippen LogP contribution in [-0.4, -0.2) is 37.8 Å². The summed E-state index contributed by atoms with van der Waals surface area (Å²) in [4.78, 5) is 16.5. The molecule has 10 nitrogen and oxygen atoms in total. The second-order valence-electron chi connectivity index (χ2n) is 9.18. The Hall–Kier alpha value is -2.96. The molecule has 0 spiro atoms. The van der Waals surface area contributed by atoms with E-state index in [0.717, 1.165) is 55.0 Å². The Kier molecular flexibility index (Phi) is 3.91. The lowest BCUT2D eigenvalue weighted by atomic mass is 9.95. The Labute approximate surface area is 168 Å². The number of rotatable bonds is 4. The average molecular weight is 392 g/mol. The van der Waals surface area contributed by atoms with E-state index in [-0.39, 0.29) is 11.5 Å². The van der Waals surface area contributed by atoms with Crippen LogP contribution in [0.4, 0.5) is 5.82 Å². The van der Waals surface area contributed by atoms with Gasteiger partial charge in [0.2, 0.25) is 5.66 Å². The molecule has 2 aliphatic heterocycles. The smallest absolute Gasteiger partial charge is 0.215 e. The van der Waals surface area contributed by atoms with Gasteiger partial charge in [0.1, 0.15) is 11.9 Å². The van der Waals surface area contributed by atoms with E-state index in [4.69, 9.17) is 9.97 Å². The van der Waals surface area contributed by atoms with Crippen molar-refractivity contribution in [1.82, 2.24) is 19.5 Å². The fraction of sp³-hybridized carbons (Fsp3) is 0.684. The summed E-state index contributed by atoms with van der Waals surface area (Å²) in [6.07, 6.45) is 5.76. The number of nitriles is 1. The zero-order valence-electron chi connectivity index (χ0n) is 16.9. The van der Waals surface area contributed by atoms with Gasteiger partial charge in [-0.2, -0.15) is 5.26 Å². The van der Waals surface area contributed by atoms with Crippen LogP contribution < -0.4 is 4.90 Å². The van der Waals surface area contributed by atoms with E-state index in [2.05, 4.69) is 57.4 Å². The summed E-state index contributed by atoms with van der Waals surface area (Å²) >= 11 is 0. The van der Waals surface area contributed by atoms with Crippen molar-refractivity contribution in [2.24, 2.45) is 26.6 Å². The number of fused-ring (bicyclic) bond motifs is 1. The van der Waals surface area contributed by atoms with Crippen LogP contribution in [-0.2, 0) is 12.0 Å². The van der Waals surface area contributed by atoms with Crippen LogP contribution in [0, 0.1) is 17.2 Å². The molecular weight excluding hydrogens is 368 g/mol. The van der Waals surface area contributed by atoms with E-state index in [0.29, 0.717) is 12.5 Å². The summed E-state index contributed by atoms with van der Waals surface area (Å²) < 4.78 is 1.99. The van der Waals surface area contributed by atoms with Gasteiger partial charge in [-0.15, -0.1) is 10.2 Å².